The molecule has 1 heterocycles. The summed E-state index contributed by atoms with van der Waals surface area (Å²) in [6, 6.07) is 2.70. The van der Waals surface area contributed by atoms with Crippen molar-refractivity contribution in [2.45, 2.75) is 6.92 Å². The first kappa shape index (κ1) is 16.4. The second-order valence-corrected chi connectivity index (χ2v) is 7.52. The molecule has 1 aliphatic rings. The number of allylic oxidation sites excluding steroid dienone is 1. The number of hydrogen-bond acceptors (Lipinski definition) is 4. The molecule has 1 aliphatic heterocycles. The lowest BCUT2D eigenvalue weighted by Crippen LogP contribution is -2.29. The van der Waals surface area contributed by atoms with Crippen LogP contribution in [-0.2, 0) is 19.4 Å². The van der Waals surface area contributed by atoms with Crippen LogP contribution in [0.15, 0.2) is 22.8 Å². The van der Waals surface area contributed by atoms with Gasteiger partial charge in [0.05, 0.1) is 26.5 Å². The summed E-state index contributed by atoms with van der Waals surface area (Å²) in [6.07, 6.45) is 0. The summed E-state index contributed by atoms with van der Waals surface area (Å²) in [5, 5.41) is 2.96. The first-order valence-electron chi connectivity index (χ1n) is 5.74. The predicted octanol–water partition coefficient (Wildman–Crippen LogP) is 3.26. The molecule has 1 N–H and O–H groups in total. The van der Waals surface area contributed by atoms with Crippen LogP contribution < -0.4 is 5.32 Å². The van der Waals surface area contributed by atoms with E-state index < -0.39 is 20.6 Å². The molecule has 1 amide bonds. The highest BCUT2D eigenvalue weighted by Gasteiger charge is 2.32. The number of halogens is 3. The quantitative estimate of drug-likeness (QED) is 0.811. The highest BCUT2D eigenvalue weighted by atomic mass is 35.5. The molecule has 0 radical (unpaired) electrons. The number of amides is 1. The Morgan fingerprint density at radius 1 is 1.19 bits per heavy atom. The molecule has 2 rings (SSSR count). The molecule has 9 heteroatoms. The average molecular weight is 371 g/mol. The molecule has 0 saturated carbocycles. The molecule has 0 unspecified atom stereocenters. The van der Waals surface area contributed by atoms with Crippen LogP contribution in [-0.4, -0.2) is 26.7 Å². The van der Waals surface area contributed by atoms with E-state index in [2.05, 4.69) is 5.32 Å². The molecule has 0 fully saturated rings. The SMILES string of the molecule is CC1=C(C(=O)Nc2cc(Cl)c(Cl)cc2Cl)S(=O)(=O)CCO1. The van der Waals surface area contributed by atoms with Crippen LogP contribution in [0.25, 0.3) is 0 Å². The van der Waals surface area contributed by atoms with E-state index in [1.54, 1.807) is 0 Å². The molecule has 5 nitrogen and oxygen atoms in total. The maximum absolute atomic E-state index is 12.2. The number of anilines is 1. The molecule has 0 saturated heterocycles. The van der Waals surface area contributed by atoms with Gasteiger partial charge in [-0.25, -0.2) is 8.42 Å². The second-order valence-electron chi connectivity index (χ2n) is 4.25. The van der Waals surface area contributed by atoms with E-state index in [1.165, 1.54) is 19.1 Å². The van der Waals surface area contributed by atoms with Gasteiger partial charge < -0.3 is 10.1 Å². The van der Waals surface area contributed by atoms with Crippen molar-refractivity contribution in [2.24, 2.45) is 0 Å². The van der Waals surface area contributed by atoms with Gasteiger partial charge in [0.15, 0.2) is 14.7 Å². The van der Waals surface area contributed by atoms with Crippen LogP contribution in [0.1, 0.15) is 6.92 Å². The number of ether oxygens (including phenoxy) is 1. The maximum atomic E-state index is 12.2. The molecule has 0 atom stereocenters. The van der Waals surface area contributed by atoms with Crippen LogP contribution in [0.4, 0.5) is 5.69 Å². The summed E-state index contributed by atoms with van der Waals surface area (Å²) in [4.78, 5) is 11.8. The van der Waals surface area contributed by atoms with E-state index in [-0.39, 0.29) is 38.9 Å². The fraction of sp³-hybridized carbons (Fsp3) is 0.250. The summed E-state index contributed by atoms with van der Waals surface area (Å²) in [7, 11) is -3.68. The Hall–Kier alpha value is -0.950. The number of nitrogens with one attached hydrogen (secondary N) is 1. The van der Waals surface area contributed by atoms with Gasteiger partial charge >= 0.3 is 0 Å². The van der Waals surface area contributed by atoms with Gasteiger partial charge in [0.1, 0.15) is 12.4 Å². The third kappa shape index (κ3) is 3.45. The van der Waals surface area contributed by atoms with E-state index in [1.807, 2.05) is 0 Å². The van der Waals surface area contributed by atoms with Crippen LogP contribution in [0.2, 0.25) is 15.1 Å². The lowest BCUT2D eigenvalue weighted by molar-refractivity contribution is -0.112. The minimum Gasteiger partial charge on any atom is -0.496 e. The van der Waals surface area contributed by atoms with Gasteiger partial charge in [0, 0.05) is 0 Å². The van der Waals surface area contributed by atoms with Crippen LogP contribution in [0, 0.1) is 0 Å². The lowest BCUT2D eigenvalue weighted by Gasteiger charge is -2.19. The topological polar surface area (TPSA) is 72.5 Å². The second kappa shape index (κ2) is 6.04. The van der Waals surface area contributed by atoms with Gasteiger partial charge in [-0.05, 0) is 19.1 Å². The van der Waals surface area contributed by atoms with E-state index in [0.717, 1.165) is 0 Å². The fourth-order valence-electron chi connectivity index (χ4n) is 1.79. The Labute approximate surface area is 136 Å². The van der Waals surface area contributed by atoms with Gasteiger partial charge in [-0.3, -0.25) is 4.79 Å². The molecule has 0 aromatic heterocycles. The number of sulfone groups is 1. The van der Waals surface area contributed by atoms with Crippen molar-refractivity contribution in [1.29, 1.82) is 0 Å². The Kier molecular flexibility index (Phi) is 4.72. The zero-order valence-corrected chi connectivity index (χ0v) is 13.8. The van der Waals surface area contributed by atoms with Crippen LogP contribution in [0.5, 0.6) is 0 Å². The van der Waals surface area contributed by atoms with Crippen LogP contribution >= 0.6 is 34.8 Å². The Morgan fingerprint density at radius 3 is 2.43 bits per heavy atom. The van der Waals surface area contributed by atoms with Gasteiger partial charge in [0.25, 0.3) is 5.91 Å². The van der Waals surface area contributed by atoms with Gasteiger partial charge in [0.2, 0.25) is 0 Å². The third-order valence-electron chi connectivity index (χ3n) is 2.77. The van der Waals surface area contributed by atoms with E-state index in [4.69, 9.17) is 39.5 Å². The van der Waals surface area contributed by atoms with Gasteiger partial charge in [-0.15, -0.1) is 0 Å². The Balaban J connectivity index is 2.37. The summed E-state index contributed by atoms with van der Waals surface area (Å²) in [6.45, 7) is 1.44. The Morgan fingerprint density at radius 2 is 1.81 bits per heavy atom. The molecular formula is C12H10Cl3NO4S. The summed E-state index contributed by atoms with van der Waals surface area (Å²) in [5.74, 6) is -1.02. The lowest BCUT2D eigenvalue weighted by atomic mass is 10.3. The largest absolute Gasteiger partial charge is 0.496 e. The average Bonchev–Trinajstić information content (AvgIpc) is 2.34. The molecule has 114 valence electrons. The van der Waals surface area contributed by atoms with Crippen molar-refractivity contribution in [1.82, 2.24) is 0 Å². The zero-order chi connectivity index (χ0) is 15.8. The molecular weight excluding hydrogens is 361 g/mol. The first-order valence-corrected chi connectivity index (χ1v) is 8.53. The maximum Gasteiger partial charge on any atom is 0.270 e. The van der Waals surface area contributed by atoms with E-state index >= 15 is 0 Å². The standard InChI is InChI=1S/C12H10Cl3NO4S/c1-6-11(21(18,19)3-2-20-6)12(17)16-10-5-8(14)7(13)4-9(10)15/h4-5H,2-3H2,1H3,(H,16,17). The first-order chi connectivity index (χ1) is 9.72. The number of carbonyl (C=O) groups is 1. The zero-order valence-electron chi connectivity index (χ0n) is 10.7. The molecule has 0 bridgehead atoms. The van der Waals surface area contributed by atoms with Gasteiger partial charge in [-0.2, -0.15) is 0 Å². The third-order valence-corrected chi connectivity index (χ3v) is 5.60. The minimum absolute atomic E-state index is 0.0263. The van der Waals surface area contributed by atoms with Crippen molar-refractivity contribution in [3.8, 4) is 0 Å². The van der Waals surface area contributed by atoms with E-state index in [0.29, 0.717) is 0 Å². The van der Waals surface area contributed by atoms with Gasteiger partial charge in [-0.1, -0.05) is 34.8 Å². The van der Waals surface area contributed by atoms with E-state index in [9.17, 15) is 13.2 Å². The normalized spacial score (nSPS) is 17.3. The molecule has 1 aromatic carbocycles. The number of benzene rings is 1. The number of carbonyl (C=O) groups excluding carboxylic acids is 1. The molecule has 0 aliphatic carbocycles. The summed E-state index contributed by atoms with van der Waals surface area (Å²) < 4.78 is 29.0. The highest BCUT2D eigenvalue weighted by Crippen LogP contribution is 2.33. The van der Waals surface area contributed by atoms with Crippen molar-refractivity contribution in [3.05, 3.63) is 37.9 Å². The number of rotatable bonds is 2. The number of hydrogen-bond donors (Lipinski definition) is 1. The Bertz CT molecular complexity index is 743. The monoisotopic (exact) mass is 369 g/mol. The molecule has 1 aromatic rings. The summed E-state index contributed by atoms with van der Waals surface area (Å²) >= 11 is 17.6. The molecule has 21 heavy (non-hydrogen) atoms. The minimum atomic E-state index is -3.68. The predicted molar refractivity (Wildman–Crippen MR) is 82.5 cm³/mol. The van der Waals surface area contributed by atoms with Crippen LogP contribution in [0.3, 0.4) is 0 Å². The van der Waals surface area contributed by atoms with Crippen molar-refractivity contribution in [3.63, 3.8) is 0 Å². The summed E-state index contributed by atoms with van der Waals surface area (Å²) in [5.41, 5.74) is 0.164. The van der Waals surface area contributed by atoms with Crippen molar-refractivity contribution >= 4 is 56.2 Å². The molecule has 0 spiro atoms. The highest BCUT2D eigenvalue weighted by molar-refractivity contribution is 7.96. The smallest absolute Gasteiger partial charge is 0.270 e. The van der Waals surface area contributed by atoms with Crippen molar-refractivity contribution in [2.75, 3.05) is 17.7 Å². The fourth-order valence-corrected chi connectivity index (χ4v) is 3.72. The van der Waals surface area contributed by atoms with Crippen molar-refractivity contribution < 1.29 is 17.9 Å².